The van der Waals surface area contributed by atoms with Crippen molar-refractivity contribution in [3.8, 4) is 0 Å². The monoisotopic (exact) mass is 344 g/mol. The minimum absolute atomic E-state index is 0.0482. The molecule has 134 valence electrons. The van der Waals surface area contributed by atoms with Crippen LogP contribution in [0.4, 0.5) is 11.4 Å². The van der Waals surface area contributed by atoms with E-state index in [2.05, 4.69) is 15.5 Å². The van der Waals surface area contributed by atoms with Gasteiger partial charge in [0, 0.05) is 44.5 Å². The number of piperazine rings is 1. The summed E-state index contributed by atoms with van der Waals surface area (Å²) in [5.41, 5.74) is 0.392. The molecule has 3 rings (SSSR count). The second-order valence-electron chi connectivity index (χ2n) is 6.89. The molecule has 0 aromatic heterocycles. The molecule has 0 spiro atoms. The Morgan fingerprint density at radius 2 is 1.44 bits per heavy atom. The summed E-state index contributed by atoms with van der Waals surface area (Å²) in [5, 5.41) is 5.52. The van der Waals surface area contributed by atoms with Gasteiger partial charge in [-0.15, -0.1) is 0 Å². The molecule has 0 atom stereocenters. The van der Waals surface area contributed by atoms with E-state index in [9.17, 15) is 14.4 Å². The van der Waals surface area contributed by atoms with Gasteiger partial charge in [0.25, 0.3) is 0 Å². The van der Waals surface area contributed by atoms with Crippen LogP contribution in [0.25, 0.3) is 0 Å². The Morgan fingerprint density at radius 1 is 0.920 bits per heavy atom. The van der Waals surface area contributed by atoms with E-state index < -0.39 is 5.41 Å². The molecule has 1 aromatic rings. The third-order valence-corrected chi connectivity index (χ3v) is 4.85. The fraction of sp³-hybridized carbons (Fsp3) is 0.500. The first kappa shape index (κ1) is 17.4. The van der Waals surface area contributed by atoms with Crippen LogP contribution in [0.1, 0.15) is 19.8 Å². The van der Waals surface area contributed by atoms with Crippen LogP contribution < -0.4 is 10.6 Å². The predicted molar refractivity (Wildman–Crippen MR) is 95.1 cm³/mol. The Hall–Kier alpha value is -2.41. The minimum atomic E-state index is -0.897. The highest BCUT2D eigenvalue weighted by Gasteiger charge is 2.58. The van der Waals surface area contributed by atoms with Gasteiger partial charge in [-0.2, -0.15) is 0 Å². The molecule has 1 heterocycles. The topological polar surface area (TPSA) is 81.8 Å². The average molecular weight is 344 g/mol. The van der Waals surface area contributed by atoms with Crippen LogP contribution >= 0.6 is 0 Å². The molecule has 1 aliphatic carbocycles. The zero-order chi connectivity index (χ0) is 18.0. The number of hydrogen-bond acceptors (Lipinski definition) is 4. The zero-order valence-corrected chi connectivity index (χ0v) is 14.7. The third kappa shape index (κ3) is 3.82. The number of hydrogen-bond donors (Lipinski definition) is 2. The molecule has 1 saturated heterocycles. The summed E-state index contributed by atoms with van der Waals surface area (Å²) in [5.74, 6) is -0.428. The maximum atomic E-state index is 12.8. The highest BCUT2D eigenvalue weighted by molar-refractivity contribution is 6.13. The number of carbonyl (C=O) groups is 3. The lowest BCUT2D eigenvalue weighted by molar-refractivity contribution is -0.143. The van der Waals surface area contributed by atoms with E-state index in [4.69, 9.17) is 0 Å². The number of anilines is 2. The third-order valence-electron chi connectivity index (χ3n) is 4.85. The lowest BCUT2D eigenvalue weighted by atomic mass is 10.0. The second-order valence-corrected chi connectivity index (χ2v) is 6.89. The van der Waals surface area contributed by atoms with Crippen LogP contribution in [-0.2, 0) is 14.4 Å². The normalized spacial score (nSPS) is 19.2. The van der Waals surface area contributed by atoms with Crippen molar-refractivity contribution in [2.75, 3.05) is 43.9 Å². The first-order chi connectivity index (χ1) is 11.9. The van der Waals surface area contributed by atoms with E-state index in [1.807, 2.05) is 11.9 Å². The van der Waals surface area contributed by atoms with Gasteiger partial charge in [0.1, 0.15) is 5.41 Å². The predicted octanol–water partition coefficient (Wildman–Crippen LogP) is 1.14. The number of likely N-dealkylation sites (N-methyl/N-ethyl adjacent to an activating group) is 1. The lowest BCUT2D eigenvalue weighted by Gasteiger charge is -2.34. The van der Waals surface area contributed by atoms with Gasteiger partial charge >= 0.3 is 0 Å². The van der Waals surface area contributed by atoms with Crippen molar-refractivity contribution in [3.05, 3.63) is 24.3 Å². The van der Waals surface area contributed by atoms with E-state index in [0.717, 1.165) is 13.1 Å². The van der Waals surface area contributed by atoms with Gasteiger partial charge in [-0.1, -0.05) is 0 Å². The molecule has 0 unspecified atom stereocenters. The maximum absolute atomic E-state index is 12.8. The smallest absolute Gasteiger partial charge is 0.240 e. The maximum Gasteiger partial charge on any atom is 0.240 e. The molecule has 2 fully saturated rings. The van der Waals surface area contributed by atoms with E-state index in [1.54, 1.807) is 24.3 Å². The summed E-state index contributed by atoms with van der Waals surface area (Å²) in [7, 11) is 2.03. The van der Waals surface area contributed by atoms with E-state index in [1.165, 1.54) is 6.92 Å². The van der Waals surface area contributed by atoms with Crippen molar-refractivity contribution in [3.63, 3.8) is 0 Å². The Morgan fingerprint density at radius 3 is 1.92 bits per heavy atom. The van der Waals surface area contributed by atoms with Gasteiger partial charge in [-0.05, 0) is 44.2 Å². The minimum Gasteiger partial charge on any atom is -0.339 e. The number of carbonyl (C=O) groups excluding carboxylic acids is 3. The van der Waals surface area contributed by atoms with Gasteiger partial charge in [-0.3, -0.25) is 14.4 Å². The molecular formula is C18H24N4O3. The Bertz CT molecular complexity index is 674. The summed E-state index contributed by atoms with van der Waals surface area (Å²) in [6, 6.07) is 6.89. The van der Waals surface area contributed by atoms with Gasteiger partial charge in [0.05, 0.1) is 0 Å². The van der Waals surface area contributed by atoms with Gasteiger partial charge in [0.2, 0.25) is 17.7 Å². The summed E-state index contributed by atoms with van der Waals surface area (Å²) in [4.78, 5) is 40.5. The second kappa shape index (κ2) is 6.84. The number of nitrogens with one attached hydrogen (secondary N) is 2. The molecule has 0 bridgehead atoms. The highest BCUT2D eigenvalue weighted by atomic mass is 16.2. The molecule has 1 aliphatic heterocycles. The van der Waals surface area contributed by atoms with Gasteiger partial charge in [-0.25, -0.2) is 0 Å². The molecule has 1 saturated carbocycles. The zero-order valence-electron chi connectivity index (χ0n) is 14.7. The lowest BCUT2D eigenvalue weighted by Crippen LogP contribution is -2.51. The van der Waals surface area contributed by atoms with Crippen LogP contribution in [0.5, 0.6) is 0 Å². The fourth-order valence-electron chi connectivity index (χ4n) is 3.07. The van der Waals surface area contributed by atoms with Crippen molar-refractivity contribution in [2.24, 2.45) is 5.41 Å². The highest BCUT2D eigenvalue weighted by Crippen LogP contribution is 2.48. The summed E-state index contributed by atoms with van der Waals surface area (Å²) in [6.07, 6.45) is 1.21. The van der Waals surface area contributed by atoms with Crippen molar-refractivity contribution < 1.29 is 14.4 Å². The number of amides is 3. The summed E-state index contributed by atoms with van der Waals surface area (Å²) < 4.78 is 0. The molecular weight excluding hydrogens is 320 g/mol. The number of rotatable bonds is 4. The molecule has 0 radical (unpaired) electrons. The van der Waals surface area contributed by atoms with Crippen molar-refractivity contribution in [1.82, 2.24) is 9.80 Å². The Kier molecular flexibility index (Phi) is 4.76. The molecule has 3 amide bonds. The van der Waals surface area contributed by atoms with Crippen LogP contribution in [0.2, 0.25) is 0 Å². The first-order valence-electron chi connectivity index (χ1n) is 8.58. The first-order valence-corrected chi connectivity index (χ1v) is 8.58. The van der Waals surface area contributed by atoms with Crippen molar-refractivity contribution in [2.45, 2.75) is 19.8 Å². The van der Waals surface area contributed by atoms with Crippen LogP contribution in [0.15, 0.2) is 24.3 Å². The molecule has 2 aliphatic rings. The van der Waals surface area contributed by atoms with Gasteiger partial charge in [0.15, 0.2) is 0 Å². The van der Waals surface area contributed by atoms with Gasteiger partial charge < -0.3 is 20.4 Å². The van der Waals surface area contributed by atoms with E-state index >= 15 is 0 Å². The SMILES string of the molecule is CC(=O)Nc1ccc(NC(=O)C2(C(=O)N3CCN(C)CC3)CC2)cc1. The van der Waals surface area contributed by atoms with E-state index in [-0.39, 0.29) is 17.7 Å². The Labute approximate surface area is 147 Å². The average Bonchev–Trinajstić information content (AvgIpc) is 3.38. The number of nitrogens with zero attached hydrogens (tertiary/aromatic N) is 2. The largest absolute Gasteiger partial charge is 0.339 e. The molecule has 7 nitrogen and oxygen atoms in total. The summed E-state index contributed by atoms with van der Waals surface area (Å²) in [6.45, 7) is 4.48. The molecule has 25 heavy (non-hydrogen) atoms. The van der Waals surface area contributed by atoms with Crippen molar-refractivity contribution >= 4 is 29.1 Å². The standard InChI is InChI=1S/C18H24N4O3/c1-13(23)19-14-3-5-15(6-4-14)20-16(24)18(7-8-18)17(25)22-11-9-21(2)10-12-22/h3-6H,7-12H2,1-2H3,(H,19,23)(H,20,24). The fourth-order valence-corrected chi connectivity index (χ4v) is 3.07. The van der Waals surface area contributed by atoms with Crippen LogP contribution in [0, 0.1) is 5.41 Å². The summed E-state index contributed by atoms with van der Waals surface area (Å²) >= 11 is 0. The van der Waals surface area contributed by atoms with Crippen LogP contribution in [0.3, 0.4) is 0 Å². The van der Waals surface area contributed by atoms with Crippen molar-refractivity contribution in [1.29, 1.82) is 0 Å². The van der Waals surface area contributed by atoms with Crippen LogP contribution in [-0.4, -0.2) is 60.7 Å². The Balaban J connectivity index is 1.62. The number of benzene rings is 1. The quantitative estimate of drug-likeness (QED) is 0.803. The molecule has 7 heteroatoms. The van der Waals surface area contributed by atoms with E-state index in [0.29, 0.717) is 37.3 Å². The molecule has 1 aromatic carbocycles. The molecule has 2 N–H and O–H groups in total.